The molecule has 1 aliphatic heterocycles. The van der Waals surface area contributed by atoms with E-state index in [2.05, 4.69) is 4.74 Å². The summed E-state index contributed by atoms with van der Waals surface area (Å²) < 4.78 is 26.4. The number of halogens is 1. The zero-order valence-corrected chi connectivity index (χ0v) is 15.6. The molecule has 0 aliphatic carbocycles. The summed E-state index contributed by atoms with van der Waals surface area (Å²) in [6.07, 6.45) is -2.53. The van der Waals surface area contributed by atoms with Gasteiger partial charge >= 0.3 is 11.4 Å². The van der Waals surface area contributed by atoms with Crippen molar-refractivity contribution in [3.05, 3.63) is 0 Å². The lowest BCUT2D eigenvalue weighted by atomic mass is 9.98. The Balaban J connectivity index is 3.01. The van der Waals surface area contributed by atoms with Crippen LogP contribution < -0.4 is 0 Å². The molecule has 1 heterocycles. The number of ether oxygens (including phenoxy) is 5. The van der Waals surface area contributed by atoms with Crippen molar-refractivity contribution in [1.29, 1.82) is 0 Å². The standard InChI is InChI=1S/C16H27ClO8/c1-4-6-8-22-10-11(25-16(17)20)13(14(18)21-3)24-15(19)12(10)23-9-7-5-2/h10-13,15,19H,4-9H2,1-3H3/t10-,11-,12?,13?,15+/m0/s1. The molecular weight excluding hydrogens is 356 g/mol. The first kappa shape index (κ1) is 22.1. The maximum Gasteiger partial charge on any atom is 0.404 e. The second-order valence-corrected chi connectivity index (χ2v) is 5.98. The molecule has 0 aromatic heterocycles. The van der Waals surface area contributed by atoms with Crippen molar-refractivity contribution in [1.82, 2.24) is 0 Å². The monoisotopic (exact) mass is 382 g/mol. The molecular formula is C16H27ClO8. The summed E-state index contributed by atoms with van der Waals surface area (Å²) in [6.45, 7) is 4.69. The molecule has 1 aliphatic rings. The van der Waals surface area contributed by atoms with Gasteiger partial charge in [0.25, 0.3) is 0 Å². The number of aliphatic hydroxyl groups excluding tert-OH is 1. The van der Waals surface area contributed by atoms with E-state index < -0.39 is 42.1 Å². The molecule has 0 aromatic carbocycles. The molecule has 0 spiro atoms. The minimum absolute atomic E-state index is 0.339. The van der Waals surface area contributed by atoms with Crippen molar-refractivity contribution in [3.63, 3.8) is 0 Å². The van der Waals surface area contributed by atoms with Gasteiger partial charge in [0.2, 0.25) is 0 Å². The summed E-state index contributed by atoms with van der Waals surface area (Å²) in [5.41, 5.74) is -1.12. The Labute approximate surface area is 152 Å². The fourth-order valence-corrected chi connectivity index (χ4v) is 2.57. The highest BCUT2D eigenvalue weighted by atomic mass is 35.5. The van der Waals surface area contributed by atoms with Gasteiger partial charge in [-0.05, 0) is 12.8 Å². The van der Waals surface area contributed by atoms with Crippen LogP contribution in [0.15, 0.2) is 0 Å². The molecule has 0 amide bonds. The van der Waals surface area contributed by atoms with Crippen LogP contribution in [0.1, 0.15) is 39.5 Å². The molecule has 0 saturated carbocycles. The smallest absolute Gasteiger partial charge is 0.404 e. The lowest BCUT2D eigenvalue weighted by Gasteiger charge is -2.42. The molecule has 146 valence electrons. The molecule has 0 radical (unpaired) electrons. The van der Waals surface area contributed by atoms with Gasteiger partial charge in [0, 0.05) is 24.8 Å². The van der Waals surface area contributed by atoms with Gasteiger partial charge in [-0.2, -0.15) is 0 Å². The van der Waals surface area contributed by atoms with Crippen LogP contribution in [0.4, 0.5) is 4.79 Å². The highest BCUT2D eigenvalue weighted by Crippen LogP contribution is 2.29. The quantitative estimate of drug-likeness (QED) is 0.348. The SMILES string of the molecule is CCCCOC1[C@H](O)OC(C(=O)OC)[C@@H](OC(=O)Cl)[C@@H]1OCCCC. The maximum absolute atomic E-state index is 12.0. The van der Waals surface area contributed by atoms with Crippen LogP contribution in [-0.4, -0.2) is 67.5 Å². The van der Waals surface area contributed by atoms with Crippen LogP contribution in [0.5, 0.6) is 0 Å². The van der Waals surface area contributed by atoms with Gasteiger partial charge in [0.05, 0.1) is 7.11 Å². The topological polar surface area (TPSA) is 101 Å². The van der Waals surface area contributed by atoms with Crippen LogP contribution in [0.3, 0.4) is 0 Å². The number of hydrogen-bond donors (Lipinski definition) is 1. The summed E-state index contributed by atoms with van der Waals surface area (Å²) >= 11 is 5.33. The molecule has 8 nitrogen and oxygen atoms in total. The van der Waals surface area contributed by atoms with E-state index in [0.29, 0.717) is 13.2 Å². The van der Waals surface area contributed by atoms with Crippen LogP contribution >= 0.6 is 11.6 Å². The van der Waals surface area contributed by atoms with Crippen molar-refractivity contribution in [2.24, 2.45) is 0 Å². The zero-order valence-electron chi connectivity index (χ0n) is 14.8. The third-order valence-electron chi connectivity index (χ3n) is 3.79. The number of esters is 1. The second-order valence-electron chi connectivity index (χ2n) is 5.67. The lowest BCUT2D eigenvalue weighted by molar-refractivity contribution is -0.295. The van der Waals surface area contributed by atoms with Gasteiger partial charge in [0.1, 0.15) is 12.2 Å². The molecule has 1 fully saturated rings. The number of unbranched alkanes of at least 4 members (excludes halogenated alkanes) is 2. The summed E-state index contributed by atoms with van der Waals surface area (Å²) in [7, 11) is 1.16. The molecule has 0 bridgehead atoms. The summed E-state index contributed by atoms with van der Waals surface area (Å²) in [4.78, 5) is 23.2. The van der Waals surface area contributed by atoms with Gasteiger partial charge < -0.3 is 28.8 Å². The van der Waals surface area contributed by atoms with Crippen LogP contribution in [-0.2, 0) is 28.5 Å². The van der Waals surface area contributed by atoms with E-state index >= 15 is 0 Å². The van der Waals surface area contributed by atoms with Crippen LogP contribution in [0.25, 0.3) is 0 Å². The second kappa shape index (κ2) is 11.6. The molecule has 2 unspecified atom stereocenters. The molecule has 9 heteroatoms. The Kier molecular flexibility index (Phi) is 10.3. The Morgan fingerprint density at radius 2 is 1.60 bits per heavy atom. The van der Waals surface area contributed by atoms with Crippen molar-refractivity contribution in [3.8, 4) is 0 Å². The van der Waals surface area contributed by atoms with Gasteiger partial charge in [-0.15, -0.1) is 0 Å². The number of carbonyl (C=O) groups excluding carboxylic acids is 2. The highest BCUT2D eigenvalue weighted by molar-refractivity contribution is 6.61. The molecule has 25 heavy (non-hydrogen) atoms. The normalized spacial score (nSPS) is 29.2. The van der Waals surface area contributed by atoms with E-state index in [9.17, 15) is 14.7 Å². The van der Waals surface area contributed by atoms with Gasteiger partial charge in [-0.25, -0.2) is 9.59 Å². The van der Waals surface area contributed by atoms with Gasteiger partial charge in [-0.1, -0.05) is 26.7 Å². The Morgan fingerprint density at radius 1 is 1.04 bits per heavy atom. The number of hydrogen-bond acceptors (Lipinski definition) is 8. The number of rotatable bonds is 10. The Hall–Kier alpha value is -0.930. The fraction of sp³-hybridized carbons (Fsp3) is 0.875. The molecule has 1 N–H and O–H groups in total. The predicted molar refractivity (Wildman–Crippen MR) is 88.3 cm³/mol. The first-order chi connectivity index (χ1) is 12.0. The van der Waals surface area contributed by atoms with E-state index in [4.69, 9.17) is 30.5 Å². The average Bonchev–Trinajstić information content (AvgIpc) is 2.58. The van der Waals surface area contributed by atoms with Crippen molar-refractivity contribution < 1.29 is 38.4 Å². The summed E-state index contributed by atoms with van der Waals surface area (Å²) in [5.74, 6) is -0.807. The van der Waals surface area contributed by atoms with E-state index in [1.165, 1.54) is 0 Å². The lowest BCUT2D eigenvalue weighted by Crippen LogP contribution is -2.62. The molecule has 5 atom stereocenters. The highest BCUT2D eigenvalue weighted by Gasteiger charge is 2.52. The first-order valence-electron chi connectivity index (χ1n) is 8.46. The van der Waals surface area contributed by atoms with E-state index in [-0.39, 0.29) is 0 Å². The van der Waals surface area contributed by atoms with Gasteiger partial charge in [-0.3, -0.25) is 0 Å². The third kappa shape index (κ3) is 6.71. The molecule has 1 saturated heterocycles. The van der Waals surface area contributed by atoms with E-state index in [1.807, 2.05) is 13.8 Å². The average molecular weight is 383 g/mol. The Bertz CT molecular complexity index is 419. The number of aliphatic hydroxyl groups is 1. The van der Waals surface area contributed by atoms with Crippen LogP contribution in [0, 0.1) is 0 Å². The molecule has 1 rings (SSSR count). The van der Waals surface area contributed by atoms with Crippen molar-refractivity contribution in [2.45, 2.75) is 70.2 Å². The van der Waals surface area contributed by atoms with E-state index in [1.54, 1.807) is 0 Å². The maximum atomic E-state index is 12.0. The van der Waals surface area contributed by atoms with Gasteiger partial charge in [0.15, 0.2) is 18.5 Å². The fourth-order valence-electron chi connectivity index (χ4n) is 2.46. The summed E-state index contributed by atoms with van der Waals surface area (Å²) in [5, 5.41) is 10.3. The first-order valence-corrected chi connectivity index (χ1v) is 8.84. The molecule has 0 aromatic rings. The third-order valence-corrected chi connectivity index (χ3v) is 3.88. The minimum atomic E-state index is -1.43. The largest absolute Gasteiger partial charge is 0.467 e. The minimum Gasteiger partial charge on any atom is -0.467 e. The van der Waals surface area contributed by atoms with E-state index in [0.717, 1.165) is 32.8 Å². The van der Waals surface area contributed by atoms with Crippen LogP contribution in [0.2, 0.25) is 0 Å². The van der Waals surface area contributed by atoms with Crippen molar-refractivity contribution in [2.75, 3.05) is 20.3 Å². The number of carbonyl (C=O) groups is 2. The zero-order chi connectivity index (χ0) is 18.8. The summed E-state index contributed by atoms with van der Waals surface area (Å²) in [6, 6.07) is 0. The predicted octanol–water partition coefficient (Wildman–Crippen LogP) is 1.99. The number of methoxy groups -OCH3 is 1. The van der Waals surface area contributed by atoms with Crippen molar-refractivity contribution >= 4 is 23.0 Å². The Morgan fingerprint density at radius 3 is 2.08 bits per heavy atom.